The minimum atomic E-state index is -3.77. The number of rotatable bonds is 6. The van der Waals surface area contributed by atoms with Gasteiger partial charge in [-0.05, 0) is 44.9 Å². The smallest absolute Gasteiger partial charge is 0.340 e. The summed E-state index contributed by atoms with van der Waals surface area (Å²) < 4.78 is 32.0. The molecule has 1 atom stereocenters. The van der Waals surface area contributed by atoms with Gasteiger partial charge >= 0.3 is 12.0 Å². The highest BCUT2D eigenvalue weighted by Gasteiger charge is 2.28. The molecular formula is C18H24ClN3O6S. The number of hydrogen-bond acceptors (Lipinski definition) is 6. The van der Waals surface area contributed by atoms with Crippen molar-refractivity contribution in [3.05, 3.63) is 28.8 Å². The average Bonchev–Trinajstić information content (AvgIpc) is 2.68. The van der Waals surface area contributed by atoms with Crippen LogP contribution in [0.3, 0.4) is 0 Å². The van der Waals surface area contributed by atoms with Crippen LogP contribution in [0.4, 0.5) is 4.79 Å². The summed E-state index contributed by atoms with van der Waals surface area (Å²) in [4.78, 5) is 35.7. The lowest BCUT2D eigenvalue weighted by Gasteiger charge is -2.26. The molecule has 1 aromatic rings. The summed E-state index contributed by atoms with van der Waals surface area (Å²) in [5.74, 6) is -1.79. The van der Waals surface area contributed by atoms with Crippen molar-refractivity contribution >= 4 is 39.5 Å². The van der Waals surface area contributed by atoms with E-state index in [0.717, 1.165) is 25.3 Å². The topological polar surface area (TPSA) is 122 Å². The van der Waals surface area contributed by atoms with Crippen molar-refractivity contribution < 1.29 is 27.5 Å². The number of nitrogens with zero attached hydrogens (tertiary/aromatic N) is 1. The number of piperidine rings is 1. The molecule has 1 fully saturated rings. The Labute approximate surface area is 174 Å². The monoisotopic (exact) mass is 445 g/mol. The Balaban J connectivity index is 2.15. The van der Waals surface area contributed by atoms with Crippen LogP contribution in [0.2, 0.25) is 5.02 Å². The minimum Gasteiger partial charge on any atom is -0.449 e. The molecule has 3 amide bonds. The highest BCUT2D eigenvalue weighted by Crippen LogP contribution is 2.25. The molecule has 0 bridgehead atoms. The van der Waals surface area contributed by atoms with Crippen LogP contribution >= 0.6 is 11.6 Å². The zero-order valence-electron chi connectivity index (χ0n) is 16.2. The lowest BCUT2D eigenvalue weighted by Crippen LogP contribution is -2.44. The Morgan fingerprint density at radius 1 is 1.21 bits per heavy atom. The van der Waals surface area contributed by atoms with Gasteiger partial charge in [0.1, 0.15) is 0 Å². The zero-order valence-corrected chi connectivity index (χ0v) is 17.8. The average molecular weight is 446 g/mol. The maximum atomic E-state index is 12.8. The van der Waals surface area contributed by atoms with Gasteiger partial charge in [-0.2, -0.15) is 4.31 Å². The molecule has 9 nitrogen and oxygen atoms in total. The van der Waals surface area contributed by atoms with E-state index in [4.69, 9.17) is 16.3 Å². The molecule has 1 aliphatic heterocycles. The number of carbonyl (C=O) groups excluding carboxylic acids is 3. The second-order valence-electron chi connectivity index (χ2n) is 6.50. The molecule has 0 saturated carbocycles. The summed E-state index contributed by atoms with van der Waals surface area (Å²) in [6.45, 7) is 4.12. The third-order valence-corrected chi connectivity index (χ3v) is 6.56. The van der Waals surface area contributed by atoms with Gasteiger partial charge < -0.3 is 10.1 Å². The number of hydrogen-bond donors (Lipinski definition) is 2. The Morgan fingerprint density at radius 3 is 2.48 bits per heavy atom. The standard InChI is InChI=1S/C18H24ClN3O6S/c1-3-20-18(25)21-16(23)12(2)28-17(24)14-11-13(7-8-15(14)19)29(26,27)22-9-5-4-6-10-22/h7-8,11-12H,3-6,9-10H2,1-2H3,(H2,20,21,23,25)/t12-/m0/s1. The number of imide groups is 1. The number of ether oxygens (including phenoxy) is 1. The van der Waals surface area contributed by atoms with E-state index in [-0.39, 0.29) is 15.5 Å². The summed E-state index contributed by atoms with van der Waals surface area (Å²) in [5, 5.41) is 4.40. The van der Waals surface area contributed by atoms with Crippen LogP contribution in [-0.2, 0) is 19.6 Å². The SMILES string of the molecule is CCNC(=O)NC(=O)[C@H](C)OC(=O)c1cc(S(=O)(=O)N2CCCCC2)ccc1Cl. The quantitative estimate of drug-likeness (QED) is 0.645. The molecule has 29 heavy (non-hydrogen) atoms. The molecule has 1 aromatic carbocycles. The van der Waals surface area contributed by atoms with Crippen LogP contribution < -0.4 is 10.6 Å². The predicted octanol–water partition coefficient (Wildman–Crippen LogP) is 1.91. The highest BCUT2D eigenvalue weighted by molar-refractivity contribution is 7.89. The van der Waals surface area contributed by atoms with Crippen molar-refractivity contribution in [2.24, 2.45) is 0 Å². The van der Waals surface area contributed by atoms with E-state index in [0.29, 0.717) is 19.6 Å². The van der Waals surface area contributed by atoms with E-state index in [2.05, 4.69) is 5.32 Å². The van der Waals surface area contributed by atoms with Crippen LogP contribution in [0, 0.1) is 0 Å². The molecule has 2 N–H and O–H groups in total. The van der Waals surface area contributed by atoms with E-state index in [1.807, 2.05) is 5.32 Å². The van der Waals surface area contributed by atoms with Crippen LogP contribution in [-0.4, -0.2) is 56.4 Å². The fourth-order valence-corrected chi connectivity index (χ4v) is 4.51. The van der Waals surface area contributed by atoms with Crippen molar-refractivity contribution in [1.29, 1.82) is 0 Å². The second kappa shape index (κ2) is 10.0. The normalized spacial score (nSPS) is 16.0. The number of carbonyl (C=O) groups is 3. The number of amides is 3. The van der Waals surface area contributed by atoms with Crippen LogP contribution in [0.5, 0.6) is 0 Å². The van der Waals surface area contributed by atoms with E-state index in [9.17, 15) is 22.8 Å². The van der Waals surface area contributed by atoms with E-state index in [1.54, 1.807) is 6.92 Å². The number of sulfonamides is 1. The molecule has 0 unspecified atom stereocenters. The van der Waals surface area contributed by atoms with Crippen molar-refractivity contribution in [1.82, 2.24) is 14.9 Å². The molecule has 0 aromatic heterocycles. The predicted molar refractivity (Wildman–Crippen MR) is 106 cm³/mol. The van der Waals surface area contributed by atoms with Crippen LogP contribution in [0.15, 0.2) is 23.1 Å². The third-order valence-electron chi connectivity index (χ3n) is 4.34. The minimum absolute atomic E-state index is 0.0103. The van der Waals surface area contributed by atoms with Crippen molar-refractivity contribution in [3.63, 3.8) is 0 Å². The molecule has 0 spiro atoms. The Kier molecular flexibility index (Phi) is 8.00. The molecule has 11 heteroatoms. The first kappa shape index (κ1) is 23.1. The van der Waals surface area contributed by atoms with Crippen LogP contribution in [0.25, 0.3) is 0 Å². The Hall–Kier alpha value is -2.17. The zero-order chi connectivity index (χ0) is 21.6. The molecule has 1 heterocycles. The van der Waals surface area contributed by atoms with Crippen molar-refractivity contribution in [3.8, 4) is 0 Å². The Morgan fingerprint density at radius 2 is 1.86 bits per heavy atom. The summed E-state index contributed by atoms with van der Waals surface area (Å²) >= 11 is 6.04. The molecule has 0 radical (unpaired) electrons. The largest absolute Gasteiger partial charge is 0.449 e. The fourth-order valence-electron chi connectivity index (χ4n) is 2.77. The summed E-state index contributed by atoms with van der Waals surface area (Å²) in [6, 6.07) is 3.05. The van der Waals surface area contributed by atoms with Gasteiger partial charge in [-0.3, -0.25) is 10.1 Å². The number of esters is 1. The van der Waals surface area contributed by atoms with Crippen molar-refractivity contribution in [2.45, 2.75) is 44.1 Å². The van der Waals surface area contributed by atoms with Crippen LogP contribution in [0.1, 0.15) is 43.5 Å². The van der Waals surface area contributed by atoms with Gasteiger partial charge in [0.15, 0.2) is 6.10 Å². The molecule has 0 aliphatic carbocycles. The van der Waals surface area contributed by atoms with Gasteiger partial charge in [-0.25, -0.2) is 18.0 Å². The molecule has 2 rings (SSSR count). The van der Waals surface area contributed by atoms with Crippen molar-refractivity contribution in [2.75, 3.05) is 19.6 Å². The van der Waals surface area contributed by atoms with E-state index >= 15 is 0 Å². The first-order chi connectivity index (χ1) is 13.7. The lowest BCUT2D eigenvalue weighted by atomic mass is 10.2. The third kappa shape index (κ3) is 5.91. The second-order valence-corrected chi connectivity index (χ2v) is 8.85. The molecular weight excluding hydrogens is 422 g/mol. The maximum Gasteiger partial charge on any atom is 0.340 e. The molecule has 1 aliphatic rings. The first-order valence-electron chi connectivity index (χ1n) is 9.26. The van der Waals surface area contributed by atoms with Gasteiger partial charge in [0.2, 0.25) is 10.0 Å². The van der Waals surface area contributed by atoms with Gasteiger partial charge in [0, 0.05) is 19.6 Å². The number of urea groups is 1. The Bertz CT molecular complexity index is 884. The lowest BCUT2D eigenvalue weighted by molar-refractivity contribution is -0.127. The summed E-state index contributed by atoms with van der Waals surface area (Å²) in [6.07, 6.45) is 1.24. The number of halogens is 1. The van der Waals surface area contributed by atoms with E-state index in [1.165, 1.54) is 23.4 Å². The highest BCUT2D eigenvalue weighted by atomic mass is 35.5. The van der Waals surface area contributed by atoms with Gasteiger partial charge in [-0.15, -0.1) is 0 Å². The summed E-state index contributed by atoms with van der Waals surface area (Å²) in [7, 11) is -3.77. The van der Waals surface area contributed by atoms with E-state index < -0.39 is 34.0 Å². The number of nitrogens with one attached hydrogen (secondary N) is 2. The summed E-state index contributed by atoms with van der Waals surface area (Å²) in [5.41, 5.74) is -0.178. The number of benzene rings is 1. The van der Waals surface area contributed by atoms with Gasteiger partial charge in [0.25, 0.3) is 5.91 Å². The van der Waals surface area contributed by atoms with Gasteiger partial charge in [-0.1, -0.05) is 18.0 Å². The maximum absolute atomic E-state index is 12.8. The molecule has 1 saturated heterocycles. The van der Waals surface area contributed by atoms with Gasteiger partial charge in [0.05, 0.1) is 15.5 Å². The fraction of sp³-hybridized carbons (Fsp3) is 0.500. The molecule has 160 valence electrons. The first-order valence-corrected chi connectivity index (χ1v) is 11.1.